The predicted octanol–water partition coefficient (Wildman–Crippen LogP) is 2.08. The molecule has 3 nitrogen and oxygen atoms in total. The van der Waals surface area contributed by atoms with E-state index in [0.717, 1.165) is 11.3 Å². The molecular weight excluding hydrogens is 174 g/mol. The monoisotopic (exact) mass is 183 g/mol. The summed E-state index contributed by atoms with van der Waals surface area (Å²) in [7, 11) is 0. The average molecular weight is 183 g/mol. The third-order valence-corrected chi connectivity index (χ3v) is 2.62. The number of nitriles is 1. The lowest BCUT2D eigenvalue weighted by atomic mass is 10.3. The van der Waals surface area contributed by atoms with Crippen LogP contribution >= 0.6 is 0 Å². The minimum Gasteiger partial charge on any atom is -0.302 e. The van der Waals surface area contributed by atoms with Crippen LogP contribution in [0.15, 0.2) is 24.4 Å². The van der Waals surface area contributed by atoms with Crippen LogP contribution in [-0.4, -0.2) is 9.38 Å². The lowest BCUT2D eigenvalue weighted by molar-refractivity contribution is 0.919. The Kier molecular flexibility index (Phi) is 1.40. The number of nitrogens with zero attached hydrogens (tertiary/aromatic N) is 3. The van der Waals surface area contributed by atoms with E-state index in [9.17, 15) is 0 Å². The third kappa shape index (κ3) is 0.942. The fraction of sp³-hybridized carbons (Fsp3) is 0.273. The number of fused-ring (bicyclic) bond motifs is 1. The van der Waals surface area contributed by atoms with E-state index in [0.29, 0.717) is 11.6 Å². The molecule has 0 saturated heterocycles. The molecule has 0 amide bonds. The molecule has 0 spiro atoms. The van der Waals surface area contributed by atoms with E-state index in [-0.39, 0.29) is 0 Å². The minimum atomic E-state index is 0.549. The van der Waals surface area contributed by atoms with Gasteiger partial charge in [0.05, 0.1) is 5.52 Å². The molecule has 1 aliphatic carbocycles. The molecule has 0 aromatic carbocycles. The molecule has 2 heterocycles. The molecule has 1 aliphatic rings. The highest BCUT2D eigenvalue weighted by Gasteiger charge is 2.28. The molecule has 0 bridgehead atoms. The van der Waals surface area contributed by atoms with Gasteiger partial charge in [-0.25, -0.2) is 4.98 Å². The second-order valence-electron chi connectivity index (χ2n) is 3.66. The molecule has 0 unspecified atom stereocenters. The molecular formula is C11H9N3. The van der Waals surface area contributed by atoms with E-state index in [2.05, 4.69) is 11.1 Å². The van der Waals surface area contributed by atoms with Crippen LogP contribution in [0.1, 0.15) is 30.3 Å². The number of imidazole rings is 1. The predicted molar refractivity (Wildman–Crippen MR) is 51.9 cm³/mol. The van der Waals surface area contributed by atoms with Gasteiger partial charge in [-0.2, -0.15) is 5.26 Å². The van der Waals surface area contributed by atoms with Crippen LogP contribution in [0, 0.1) is 11.3 Å². The Bertz CT molecular complexity index is 529. The van der Waals surface area contributed by atoms with Crippen molar-refractivity contribution in [3.8, 4) is 6.07 Å². The van der Waals surface area contributed by atoms with Crippen LogP contribution in [0.5, 0.6) is 0 Å². The Hall–Kier alpha value is -1.82. The second kappa shape index (κ2) is 2.58. The van der Waals surface area contributed by atoms with Crippen molar-refractivity contribution in [1.82, 2.24) is 9.38 Å². The van der Waals surface area contributed by atoms with Crippen LogP contribution in [-0.2, 0) is 0 Å². The van der Waals surface area contributed by atoms with Gasteiger partial charge in [0, 0.05) is 12.1 Å². The summed E-state index contributed by atoms with van der Waals surface area (Å²) in [5.74, 6) is 1.63. The van der Waals surface area contributed by atoms with E-state index in [1.165, 1.54) is 12.8 Å². The van der Waals surface area contributed by atoms with Crippen LogP contribution in [0.4, 0.5) is 0 Å². The minimum absolute atomic E-state index is 0.549. The summed E-state index contributed by atoms with van der Waals surface area (Å²) >= 11 is 0. The maximum Gasteiger partial charge on any atom is 0.166 e. The number of hydrogen-bond donors (Lipinski definition) is 0. The second-order valence-corrected chi connectivity index (χ2v) is 3.66. The molecule has 0 atom stereocenters. The molecule has 3 heteroatoms. The third-order valence-electron chi connectivity index (χ3n) is 2.62. The number of rotatable bonds is 1. The summed E-state index contributed by atoms with van der Waals surface area (Å²) in [5.41, 5.74) is 1.48. The zero-order valence-corrected chi connectivity index (χ0v) is 7.64. The van der Waals surface area contributed by atoms with Crippen LogP contribution in [0.25, 0.3) is 5.52 Å². The molecule has 2 aromatic heterocycles. The van der Waals surface area contributed by atoms with Gasteiger partial charge < -0.3 is 4.40 Å². The molecule has 0 radical (unpaired) electrons. The SMILES string of the molecule is N#Cc1nc(C2CC2)n2ccccc12. The van der Waals surface area contributed by atoms with Gasteiger partial charge in [0.25, 0.3) is 0 Å². The highest BCUT2D eigenvalue weighted by molar-refractivity contribution is 5.59. The Morgan fingerprint density at radius 3 is 3.00 bits per heavy atom. The first-order valence-corrected chi connectivity index (χ1v) is 4.77. The zero-order valence-electron chi connectivity index (χ0n) is 7.64. The first kappa shape index (κ1) is 7.57. The highest BCUT2D eigenvalue weighted by Crippen LogP contribution is 2.39. The Morgan fingerprint density at radius 1 is 1.43 bits per heavy atom. The lowest BCUT2D eigenvalue weighted by Gasteiger charge is -1.96. The maximum absolute atomic E-state index is 8.93. The van der Waals surface area contributed by atoms with Crippen molar-refractivity contribution >= 4 is 5.52 Å². The zero-order chi connectivity index (χ0) is 9.54. The van der Waals surface area contributed by atoms with Gasteiger partial charge in [0.2, 0.25) is 0 Å². The summed E-state index contributed by atoms with van der Waals surface area (Å²) in [5, 5.41) is 8.93. The normalized spacial score (nSPS) is 15.6. The van der Waals surface area contributed by atoms with E-state index < -0.39 is 0 Å². The van der Waals surface area contributed by atoms with Crippen LogP contribution in [0.2, 0.25) is 0 Å². The van der Waals surface area contributed by atoms with E-state index in [1.807, 2.05) is 28.8 Å². The first-order valence-electron chi connectivity index (χ1n) is 4.77. The van der Waals surface area contributed by atoms with Crippen molar-refractivity contribution in [3.05, 3.63) is 35.9 Å². The van der Waals surface area contributed by atoms with Crippen molar-refractivity contribution < 1.29 is 0 Å². The van der Waals surface area contributed by atoms with Gasteiger partial charge >= 0.3 is 0 Å². The highest BCUT2D eigenvalue weighted by atomic mass is 15.0. The van der Waals surface area contributed by atoms with Gasteiger partial charge in [-0.05, 0) is 25.0 Å². The van der Waals surface area contributed by atoms with Gasteiger partial charge in [0.15, 0.2) is 5.69 Å². The van der Waals surface area contributed by atoms with Gasteiger partial charge in [-0.3, -0.25) is 0 Å². The average Bonchev–Trinajstić information content (AvgIpc) is 3.00. The van der Waals surface area contributed by atoms with Gasteiger partial charge in [-0.1, -0.05) is 6.07 Å². The smallest absolute Gasteiger partial charge is 0.166 e. The molecule has 0 aliphatic heterocycles. The molecule has 0 N–H and O–H groups in total. The largest absolute Gasteiger partial charge is 0.302 e. The molecule has 68 valence electrons. The topological polar surface area (TPSA) is 41.1 Å². The summed E-state index contributed by atoms with van der Waals surface area (Å²) in [6.07, 6.45) is 4.40. The van der Waals surface area contributed by atoms with Crippen LogP contribution in [0.3, 0.4) is 0 Å². The Labute approximate surface area is 81.6 Å². The molecule has 3 rings (SSSR count). The fourth-order valence-electron chi connectivity index (χ4n) is 1.77. The van der Waals surface area contributed by atoms with Gasteiger partial charge in [-0.15, -0.1) is 0 Å². The summed E-state index contributed by atoms with van der Waals surface area (Å²) in [4.78, 5) is 4.37. The van der Waals surface area contributed by atoms with Crippen molar-refractivity contribution in [2.24, 2.45) is 0 Å². The van der Waals surface area contributed by atoms with Crippen molar-refractivity contribution in [2.75, 3.05) is 0 Å². The van der Waals surface area contributed by atoms with Crippen LogP contribution < -0.4 is 0 Å². The van der Waals surface area contributed by atoms with Crippen molar-refractivity contribution in [2.45, 2.75) is 18.8 Å². The molecule has 14 heavy (non-hydrogen) atoms. The quantitative estimate of drug-likeness (QED) is 0.679. The Morgan fingerprint density at radius 2 is 2.29 bits per heavy atom. The summed E-state index contributed by atoms with van der Waals surface area (Å²) in [6.45, 7) is 0. The first-order chi connectivity index (χ1) is 6.90. The standard InChI is InChI=1S/C11H9N3/c12-7-9-10-3-1-2-6-14(10)11(13-9)8-4-5-8/h1-3,6,8H,4-5H2. The fourth-order valence-corrected chi connectivity index (χ4v) is 1.77. The van der Waals surface area contributed by atoms with Crippen molar-refractivity contribution in [1.29, 1.82) is 5.26 Å². The van der Waals surface area contributed by atoms with E-state index >= 15 is 0 Å². The molecule has 1 saturated carbocycles. The summed E-state index contributed by atoms with van der Waals surface area (Å²) < 4.78 is 2.04. The maximum atomic E-state index is 8.93. The Balaban J connectivity index is 2.35. The number of pyridine rings is 1. The number of aromatic nitrogens is 2. The van der Waals surface area contributed by atoms with Crippen molar-refractivity contribution in [3.63, 3.8) is 0 Å². The van der Waals surface area contributed by atoms with Gasteiger partial charge in [0.1, 0.15) is 11.9 Å². The molecule has 1 fully saturated rings. The number of hydrogen-bond acceptors (Lipinski definition) is 2. The van der Waals surface area contributed by atoms with E-state index in [4.69, 9.17) is 5.26 Å². The summed E-state index contributed by atoms with van der Waals surface area (Å²) in [6, 6.07) is 8.00. The lowest BCUT2D eigenvalue weighted by Crippen LogP contribution is -1.90. The van der Waals surface area contributed by atoms with E-state index in [1.54, 1.807) is 0 Å². The molecule has 2 aromatic rings.